The summed E-state index contributed by atoms with van der Waals surface area (Å²) in [5, 5.41) is 18.2. The number of halogens is 2. The molecule has 2 aliphatic heterocycles. The Hall–Kier alpha value is -4.47. The number of aromatic amines is 1. The number of amides is 1. The highest BCUT2D eigenvalue weighted by molar-refractivity contribution is 6.34. The maximum absolute atomic E-state index is 14.7. The summed E-state index contributed by atoms with van der Waals surface area (Å²) in [6, 6.07) is 6.90. The van der Waals surface area contributed by atoms with Crippen molar-refractivity contribution >= 4 is 50.8 Å². The Morgan fingerprint density at radius 2 is 2.12 bits per heavy atom. The second-order valence-electron chi connectivity index (χ2n) is 11.0. The van der Waals surface area contributed by atoms with E-state index in [1.54, 1.807) is 17.2 Å². The molecule has 2 aromatic heterocycles. The predicted octanol–water partition coefficient (Wildman–Crippen LogP) is 4.14. The minimum atomic E-state index is -0.628. The first-order valence-electron chi connectivity index (χ1n) is 14.1. The van der Waals surface area contributed by atoms with Gasteiger partial charge in [-0.1, -0.05) is 18.2 Å². The summed E-state index contributed by atoms with van der Waals surface area (Å²) in [7, 11) is 2.07. The van der Waals surface area contributed by atoms with Crippen LogP contribution in [0.25, 0.3) is 32.9 Å². The first kappa shape index (κ1) is 28.6. The van der Waals surface area contributed by atoms with Gasteiger partial charge in [0.05, 0.1) is 46.2 Å². The van der Waals surface area contributed by atoms with Crippen LogP contribution in [0.2, 0.25) is 5.02 Å². The number of fused-ring (bicyclic) bond motifs is 3. The lowest BCUT2D eigenvalue weighted by Gasteiger charge is -2.41. The van der Waals surface area contributed by atoms with Crippen LogP contribution < -0.4 is 15.4 Å². The van der Waals surface area contributed by atoms with Gasteiger partial charge in [-0.2, -0.15) is 20.3 Å². The molecule has 2 aromatic carbocycles. The molecule has 0 saturated carbocycles. The summed E-state index contributed by atoms with van der Waals surface area (Å²) in [5.41, 5.74) is 8.41. The Bertz CT molecular complexity index is 1770. The van der Waals surface area contributed by atoms with E-state index in [4.69, 9.17) is 32.0 Å². The molecule has 4 aromatic rings. The van der Waals surface area contributed by atoms with Crippen LogP contribution in [0, 0.1) is 17.1 Å². The van der Waals surface area contributed by atoms with Gasteiger partial charge in [0, 0.05) is 42.3 Å². The molecule has 2 saturated heterocycles. The van der Waals surface area contributed by atoms with Crippen LogP contribution in [0.5, 0.6) is 6.01 Å². The second-order valence-corrected chi connectivity index (χ2v) is 11.3. The van der Waals surface area contributed by atoms with E-state index in [9.17, 15) is 14.4 Å². The fraction of sp³-hybridized carbons (Fsp3) is 0.367. The van der Waals surface area contributed by atoms with Crippen LogP contribution in [0.1, 0.15) is 19.3 Å². The summed E-state index contributed by atoms with van der Waals surface area (Å²) in [6.45, 7) is 6.26. The number of ether oxygens (including phenoxy) is 1. The van der Waals surface area contributed by atoms with Crippen molar-refractivity contribution in [1.29, 1.82) is 5.26 Å². The fourth-order valence-electron chi connectivity index (χ4n) is 6.10. The van der Waals surface area contributed by atoms with Crippen LogP contribution in [-0.4, -0.2) is 87.8 Å². The van der Waals surface area contributed by atoms with Crippen LogP contribution >= 0.6 is 11.6 Å². The number of benzene rings is 2. The first-order valence-corrected chi connectivity index (χ1v) is 14.5. The highest BCUT2D eigenvalue weighted by Crippen LogP contribution is 2.41. The average molecular weight is 604 g/mol. The summed E-state index contributed by atoms with van der Waals surface area (Å²) < 4.78 is 20.9. The third-order valence-corrected chi connectivity index (χ3v) is 8.73. The lowest BCUT2D eigenvalue weighted by Crippen LogP contribution is -2.55. The van der Waals surface area contributed by atoms with E-state index < -0.39 is 5.82 Å². The number of nitrogens with two attached hydrogens (primary N) is 1. The Kier molecular flexibility index (Phi) is 7.77. The molecule has 2 atom stereocenters. The van der Waals surface area contributed by atoms with E-state index in [1.165, 1.54) is 12.1 Å². The molecule has 222 valence electrons. The number of likely N-dealkylation sites (N-methyl/N-ethyl adjacent to an activating group) is 1. The van der Waals surface area contributed by atoms with Gasteiger partial charge in [-0.15, -0.1) is 0 Å². The molecule has 0 spiro atoms. The molecule has 1 amide bonds. The van der Waals surface area contributed by atoms with Crippen molar-refractivity contribution in [2.45, 2.75) is 31.3 Å². The SMILES string of the molecule is C=CC(=O)N1CCN(c2nc(OCC3CCCN3C)nc3cc(-c4cc(N)cc(F)c4Cl)c4cn[nH]c4c23)CC1CC#N. The standard InChI is InChI=1S/C30H31ClFN9O2/c1-3-25(42)41-10-9-40(15-18(41)6-7-33)29-26-24(36-30(37-29)43-16-19-5-4-8-39(19)2)13-20(22-14-35-38-28(22)26)21-11-17(34)12-23(32)27(21)31/h3,11-14,18-19H,1,4-6,8-10,15-16,34H2,2H3,(H,35,38). The maximum Gasteiger partial charge on any atom is 0.319 e. The van der Waals surface area contributed by atoms with Crippen molar-refractivity contribution in [3.8, 4) is 23.2 Å². The molecule has 0 bridgehead atoms. The third kappa shape index (κ3) is 5.30. The quantitative estimate of drug-likeness (QED) is 0.235. The van der Waals surface area contributed by atoms with Gasteiger partial charge < -0.3 is 25.2 Å². The molecule has 6 rings (SSSR count). The number of carbonyl (C=O) groups excluding carboxylic acids is 1. The van der Waals surface area contributed by atoms with E-state index in [0.29, 0.717) is 65.0 Å². The largest absolute Gasteiger partial charge is 0.462 e. The number of H-pyrrole nitrogens is 1. The van der Waals surface area contributed by atoms with Gasteiger partial charge >= 0.3 is 6.01 Å². The zero-order valence-corrected chi connectivity index (χ0v) is 24.4. The zero-order valence-electron chi connectivity index (χ0n) is 23.7. The number of hydrogen-bond acceptors (Lipinski definition) is 9. The van der Waals surface area contributed by atoms with Crippen molar-refractivity contribution in [2.24, 2.45) is 0 Å². The molecule has 3 N–H and O–H groups in total. The monoisotopic (exact) mass is 603 g/mol. The van der Waals surface area contributed by atoms with E-state index in [1.807, 2.05) is 11.0 Å². The number of piperazine rings is 1. The molecular formula is C30H31ClFN9O2. The number of anilines is 2. The molecular weight excluding hydrogens is 573 g/mol. The lowest BCUT2D eigenvalue weighted by atomic mass is 9.98. The average Bonchev–Trinajstić information content (AvgIpc) is 3.66. The second kappa shape index (κ2) is 11.7. The van der Waals surface area contributed by atoms with Gasteiger partial charge in [0.1, 0.15) is 18.2 Å². The van der Waals surface area contributed by atoms with E-state index in [-0.39, 0.29) is 41.1 Å². The molecule has 13 heteroatoms. The smallest absolute Gasteiger partial charge is 0.319 e. The van der Waals surface area contributed by atoms with E-state index in [0.717, 1.165) is 19.4 Å². The van der Waals surface area contributed by atoms with Gasteiger partial charge in [-0.25, -0.2) is 4.39 Å². The van der Waals surface area contributed by atoms with Crippen LogP contribution in [-0.2, 0) is 4.79 Å². The lowest BCUT2D eigenvalue weighted by molar-refractivity contribution is -0.128. The Balaban J connectivity index is 1.51. The highest BCUT2D eigenvalue weighted by atomic mass is 35.5. The minimum Gasteiger partial charge on any atom is -0.462 e. The molecule has 2 unspecified atom stereocenters. The molecule has 2 fully saturated rings. The van der Waals surface area contributed by atoms with Crippen molar-refractivity contribution in [3.63, 3.8) is 0 Å². The summed E-state index contributed by atoms with van der Waals surface area (Å²) in [6.07, 6.45) is 5.18. The van der Waals surface area contributed by atoms with Crippen molar-refractivity contribution in [1.82, 2.24) is 30.0 Å². The number of nitrogen functional groups attached to an aromatic ring is 1. The summed E-state index contributed by atoms with van der Waals surface area (Å²) in [4.78, 5) is 28.2. The Morgan fingerprint density at radius 3 is 2.86 bits per heavy atom. The molecule has 2 aliphatic rings. The summed E-state index contributed by atoms with van der Waals surface area (Å²) in [5.74, 6) is -0.264. The number of rotatable bonds is 7. The number of nitriles is 1. The molecule has 4 heterocycles. The fourth-order valence-corrected chi connectivity index (χ4v) is 6.31. The predicted molar refractivity (Wildman–Crippen MR) is 163 cm³/mol. The molecule has 0 aliphatic carbocycles. The Labute approximate surface area is 252 Å². The molecule has 43 heavy (non-hydrogen) atoms. The highest BCUT2D eigenvalue weighted by Gasteiger charge is 2.32. The van der Waals surface area contributed by atoms with Gasteiger partial charge in [0.2, 0.25) is 5.91 Å². The van der Waals surface area contributed by atoms with E-state index in [2.05, 4.69) is 34.8 Å². The number of aromatic nitrogens is 4. The third-order valence-electron chi connectivity index (χ3n) is 8.34. The molecule has 11 nitrogen and oxygen atoms in total. The maximum atomic E-state index is 14.7. The number of hydrogen-bond donors (Lipinski definition) is 2. The van der Waals surface area contributed by atoms with E-state index >= 15 is 0 Å². The number of nitrogens with one attached hydrogen (secondary N) is 1. The van der Waals surface area contributed by atoms with Crippen LogP contribution in [0.4, 0.5) is 15.9 Å². The van der Waals surface area contributed by atoms with Gasteiger partial charge in [-0.3, -0.25) is 9.89 Å². The normalized spacial score (nSPS) is 19.2. The van der Waals surface area contributed by atoms with Crippen molar-refractivity contribution < 1.29 is 13.9 Å². The summed E-state index contributed by atoms with van der Waals surface area (Å²) >= 11 is 6.44. The minimum absolute atomic E-state index is 0.0616. The van der Waals surface area contributed by atoms with Crippen molar-refractivity contribution in [2.75, 3.05) is 50.5 Å². The number of carbonyl (C=O) groups is 1. The van der Waals surface area contributed by atoms with Gasteiger partial charge in [0.25, 0.3) is 0 Å². The topological polar surface area (TPSA) is 140 Å². The molecule has 0 radical (unpaired) electrons. The van der Waals surface area contributed by atoms with Gasteiger partial charge in [-0.05, 0) is 56.3 Å². The van der Waals surface area contributed by atoms with Crippen LogP contribution in [0.3, 0.4) is 0 Å². The van der Waals surface area contributed by atoms with Gasteiger partial charge in [0.15, 0.2) is 0 Å². The van der Waals surface area contributed by atoms with Crippen LogP contribution in [0.15, 0.2) is 37.1 Å². The number of nitrogens with zero attached hydrogens (tertiary/aromatic N) is 7. The van der Waals surface area contributed by atoms with Crippen molar-refractivity contribution in [3.05, 3.63) is 47.9 Å². The Morgan fingerprint density at radius 1 is 1.28 bits per heavy atom. The first-order chi connectivity index (χ1) is 20.8. The zero-order chi connectivity index (χ0) is 30.2. The number of likely N-dealkylation sites (tertiary alicyclic amines) is 1.